The van der Waals surface area contributed by atoms with Crippen LogP contribution in [-0.4, -0.2) is 18.2 Å². The van der Waals surface area contributed by atoms with Crippen LogP contribution < -0.4 is 4.74 Å². The first-order chi connectivity index (χ1) is 9.27. The average molecular weight is 290 g/mol. The monoisotopic (exact) mass is 290 g/mol. The van der Waals surface area contributed by atoms with Crippen LogP contribution in [0.15, 0.2) is 12.1 Å². The Morgan fingerprint density at radius 3 is 2.45 bits per heavy atom. The quantitative estimate of drug-likeness (QED) is 0.810. The number of carboxylic acid groups (broad SMARTS) is 1. The minimum absolute atomic E-state index is 0.0313. The summed E-state index contributed by atoms with van der Waals surface area (Å²) in [4.78, 5) is 10.4. The molecule has 6 heteroatoms. The second kappa shape index (κ2) is 6.63. The Morgan fingerprint density at radius 1 is 1.30 bits per heavy atom. The van der Waals surface area contributed by atoms with Gasteiger partial charge in [-0.15, -0.1) is 0 Å². The molecule has 0 heterocycles. The molecule has 0 saturated heterocycles. The van der Waals surface area contributed by atoms with E-state index in [1.54, 1.807) is 0 Å². The Morgan fingerprint density at radius 2 is 1.95 bits per heavy atom. The lowest BCUT2D eigenvalue weighted by Crippen LogP contribution is -2.12. The van der Waals surface area contributed by atoms with Crippen LogP contribution in [-0.2, 0) is 17.4 Å². The maximum absolute atomic E-state index is 13.1. The maximum Gasteiger partial charge on any atom is 0.417 e. The largest absolute Gasteiger partial charge is 0.496 e. The zero-order chi connectivity index (χ0) is 15.3. The van der Waals surface area contributed by atoms with E-state index in [9.17, 15) is 18.0 Å². The van der Waals surface area contributed by atoms with E-state index in [-0.39, 0.29) is 29.7 Å². The van der Waals surface area contributed by atoms with Crippen molar-refractivity contribution in [2.75, 3.05) is 7.11 Å². The second-order valence-corrected chi connectivity index (χ2v) is 4.53. The molecule has 0 atom stereocenters. The number of methoxy groups -OCH3 is 1. The highest BCUT2D eigenvalue weighted by atomic mass is 19.4. The van der Waals surface area contributed by atoms with Crippen LogP contribution in [0.2, 0.25) is 0 Å². The van der Waals surface area contributed by atoms with Crippen molar-refractivity contribution in [2.45, 2.75) is 38.8 Å². The first kappa shape index (κ1) is 16.3. The van der Waals surface area contributed by atoms with E-state index in [1.807, 2.05) is 0 Å². The molecule has 0 fully saturated rings. The van der Waals surface area contributed by atoms with E-state index >= 15 is 0 Å². The van der Waals surface area contributed by atoms with Crippen molar-refractivity contribution < 1.29 is 27.8 Å². The highest BCUT2D eigenvalue weighted by molar-refractivity contribution is 5.66. The normalized spacial score (nSPS) is 11.4. The number of aliphatic carboxylic acids is 1. The zero-order valence-corrected chi connectivity index (χ0v) is 11.4. The van der Waals surface area contributed by atoms with Gasteiger partial charge in [0.05, 0.1) is 12.7 Å². The van der Waals surface area contributed by atoms with Crippen molar-refractivity contribution >= 4 is 5.97 Å². The lowest BCUT2D eigenvalue weighted by Gasteiger charge is -2.18. The summed E-state index contributed by atoms with van der Waals surface area (Å²) in [6.07, 6.45) is -3.51. The van der Waals surface area contributed by atoms with Crippen LogP contribution in [0.5, 0.6) is 5.75 Å². The number of benzene rings is 1. The van der Waals surface area contributed by atoms with Crippen molar-refractivity contribution in [3.63, 3.8) is 0 Å². The molecule has 1 rings (SSSR count). The molecule has 0 saturated carbocycles. The van der Waals surface area contributed by atoms with Gasteiger partial charge in [-0.05, 0) is 37.8 Å². The van der Waals surface area contributed by atoms with Gasteiger partial charge >= 0.3 is 12.1 Å². The van der Waals surface area contributed by atoms with E-state index in [0.29, 0.717) is 12.8 Å². The number of hydrogen-bond donors (Lipinski definition) is 1. The molecular weight excluding hydrogens is 273 g/mol. The fourth-order valence-corrected chi connectivity index (χ4v) is 2.16. The van der Waals surface area contributed by atoms with Crippen molar-refractivity contribution in [3.8, 4) is 5.75 Å². The summed E-state index contributed by atoms with van der Waals surface area (Å²) in [5, 5.41) is 8.51. The SMILES string of the molecule is COc1ccc(CCCCC(=O)O)c(C(F)(F)F)c1C. The predicted molar refractivity (Wildman–Crippen MR) is 67.9 cm³/mol. The van der Waals surface area contributed by atoms with E-state index in [0.717, 1.165) is 0 Å². The summed E-state index contributed by atoms with van der Waals surface area (Å²) >= 11 is 0. The van der Waals surface area contributed by atoms with Gasteiger partial charge < -0.3 is 9.84 Å². The predicted octanol–water partition coefficient (Wildman–Crippen LogP) is 3.82. The summed E-state index contributed by atoms with van der Waals surface area (Å²) in [5.74, 6) is -0.737. The van der Waals surface area contributed by atoms with Crippen LogP contribution in [0.1, 0.15) is 36.0 Å². The van der Waals surface area contributed by atoms with Gasteiger partial charge in [0.15, 0.2) is 0 Å². The summed E-state index contributed by atoms with van der Waals surface area (Å²) < 4.78 is 44.3. The third kappa shape index (κ3) is 4.15. The summed E-state index contributed by atoms with van der Waals surface area (Å²) in [5.41, 5.74) is -0.427. The van der Waals surface area contributed by atoms with E-state index in [4.69, 9.17) is 9.84 Å². The van der Waals surface area contributed by atoms with Crippen molar-refractivity contribution in [1.82, 2.24) is 0 Å². The minimum atomic E-state index is -4.44. The van der Waals surface area contributed by atoms with Crippen LogP contribution in [0, 0.1) is 6.92 Å². The van der Waals surface area contributed by atoms with Gasteiger partial charge in [0.2, 0.25) is 0 Å². The zero-order valence-electron chi connectivity index (χ0n) is 11.4. The van der Waals surface area contributed by atoms with Crippen molar-refractivity contribution in [3.05, 3.63) is 28.8 Å². The maximum atomic E-state index is 13.1. The molecule has 1 N–H and O–H groups in total. The fraction of sp³-hybridized carbons (Fsp3) is 0.500. The smallest absolute Gasteiger partial charge is 0.417 e. The van der Waals surface area contributed by atoms with Crippen LogP contribution in [0.4, 0.5) is 13.2 Å². The third-order valence-electron chi connectivity index (χ3n) is 3.09. The summed E-state index contributed by atoms with van der Waals surface area (Å²) in [6, 6.07) is 2.91. The van der Waals surface area contributed by atoms with E-state index < -0.39 is 17.7 Å². The Bertz CT molecular complexity index is 481. The third-order valence-corrected chi connectivity index (χ3v) is 3.09. The molecule has 0 bridgehead atoms. The van der Waals surface area contributed by atoms with Gasteiger partial charge in [0.1, 0.15) is 5.75 Å². The number of carbonyl (C=O) groups is 1. The van der Waals surface area contributed by atoms with Crippen LogP contribution >= 0.6 is 0 Å². The number of rotatable bonds is 6. The first-order valence-electron chi connectivity index (χ1n) is 6.22. The van der Waals surface area contributed by atoms with Crippen LogP contribution in [0.25, 0.3) is 0 Å². The average Bonchev–Trinajstić information content (AvgIpc) is 2.33. The molecule has 0 aliphatic carbocycles. The lowest BCUT2D eigenvalue weighted by atomic mass is 9.96. The molecule has 3 nitrogen and oxygen atoms in total. The highest BCUT2D eigenvalue weighted by Gasteiger charge is 2.36. The van der Waals surface area contributed by atoms with E-state index in [2.05, 4.69) is 0 Å². The first-order valence-corrected chi connectivity index (χ1v) is 6.22. The Balaban J connectivity index is 2.95. The molecule has 0 amide bonds. The highest BCUT2D eigenvalue weighted by Crippen LogP contribution is 2.38. The molecular formula is C14H17F3O3. The lowest BCUT2D eigenvalue weighted by molar-refractivity contribution is -0.139. The number of hydrogen-bond acceptors (Lipinski definition) is 2. The fourth-order valence-electron chi connectivity index (χ4n) is 2.16. The Labute approximate surface area is 115 Å². The van der Waals surface area contributed by atoms with E-state index in [1.165, 1.54) is 26.2 Å². The number of ether oxygens (including phenoxy) is 1. The Hall–Kier alpha value is -1.72. The van der Waals surface area contributed by atoms with Gasteiger partial charge in [-0.25, -0.2) is 0 Å². The van der Waals surface area contributed by atoms with Gasteiger partial charge in [-0.1, -0.05) is 6.07 Å². The topological polar surface area (TPSA) is 46.5 Å². The van der Waals surface area contributed by atoms with Crippen molar-refractivity contribution in [1.29, 1.82) is 0 Å². The number of alkyl halides is 3. The summed E-state index contributed by atoms with van der Waals surface area (Å²) in [7, 11) is 1.33. The number of aryl methyl sites for hydroxylation is 1. The van der Waals surface area contributed by atoms with Gasteiger partial charge in [0.25, 0.3) is 0 Å². The van der Waals surface area contributed by atoms with Crippen molar-refractivity contribution in [2.24, 2.45) is 0 Å². The number of halogens is 3. The molecule has 1 aromatic carbocycles. The summed E-state index contributed by atoms with van der Waals surface area (Å²) in [6.45, 7) is 1.38. The van der Waals surface area contributed by atoms with Gasteiger partial charge in [0, 0.05) is 12.0 Å². The molecule has 0 radical (unpaired) electrons. The van der Waals surface area contributed by atoms with Crippen LogP contribution in [0.3, 0.4) is 0 Å². The molecule has 20 heavy (non-hydrogen) atoms. The van der Waals surface area contributed by atoms with Gasteiger partial charge in [-0.3, -0.25) is 4.79 Å². The molecule has 0 aliphatic heterocycles. The molecule has 0 aliphatic rings. The molecule has 0 unspecified atom stereocenters. The Kier molecular flexibility index (Phi) is 5.42. The molecule has 0 spiro atoms. The second-order valence-electron chi connectivity index (χ2n) is 4.53. The molecule has 1 aromatic rings. The standard InChI is InChI=1S/C14H17F3O3/c1-9-11(20-2)8-7-10(13(9)14(15,16)17)5-3-4-6-12(18)19/h7-8H,3-6H2,1-2H3,(H,18,19). The van der Waals surface area contributed by atoms with Gasteiger partial charge in [-0.2, -0.15) is 13.2 Å². The number of unbranched alkanes of at least 4 members (excludes halogenated alkanes) is 1. The number of carboxylic acids is 1. The minimum Gasteiger partial charge on any atom is -0.496 e. The molecule has 0 aromatic heterocycles. The molecule has 112 valence electrons.